The summed E-state index contributed by atoms with van der Waals surface area (Å²) >= 11 is 5.87. The number of imidazole rings is 1. The van der Waals surface area contributed by atoms with Crippen molar-refractivity contribution in [2.75, 3.05) is 19.7 Å². The molecule has 0 spiro atoms. The molecule has 1 heterocycles. The summed E-state index contributed by atoms with van der Waals surface area (Å²) in [5.41, 5.74) is 1.56. The van der Waals surface area contributed by atoms with Crippen LogP contribution >= 0.6 is 11.6 Å². The Bertz CT molecular complexity index is 1130. The Balaban J connectivity index is 1.76. The van der Waals surface area contributed by atoms with Crippen molar-refractivity contribution >= 4 is 34.4 Å². The van der Waals surface area contributed by atoms with Crippen LogP contribution in [-0.4, -0.2) is 46.0 Å². The summed E-state index contributed by atoms with van der Waals surface area (Å²) in [5.74, 6) is 0.734. The molecule has 1 atom stereocenters. The molecule has 3 rings (SSSR count). The molecule has 2 aromatic carbocycles. The number of hydrogen-bond acceptors (Lipinski definition) is 4. The van der Waals surface area contributed by atoms with Crippen LogP contribution in [0.5, 0.6) is 5.75 Å². The first-order valence-corrected chi connectivity index (χ1v) is 10.9. The molecule has 8 heteroatoms. The Hall–Kier alpha value is -3.58. The second-order valence-corrected chi connectivity index (χ2v) is 7.89. The van der Waals surface area contributed by atoms with Gasteiger partial charge in [-0.3, -0.25) is 9.59 Å². The number of aromatic nitrogens is 2. The van der Waals surface area contributed by atoms with Crippen molar-refractivity contribution in [1.29, 1.82) is 0 Å². The van der Waals surface area contributed by atoms with Crippen LogP contribution in [0.4, 0.5) is 0 Å². The van der Waals surface area contributed by atoms with Gasteiger partial charge in [0.1, 0.15) is 18.1 Å². The van der Waals surface area contributed by atoms with Gasteiger partial charge in [-0.05, 0) is 43.3 Å². The zero-order valence-electron chi connectivity index (χ0n) is 18.5. The molecule has 2 amide bonds. The zero-order valence-corrected chi connectivity index (χ0v) is 19.3. The molecule has 0 aliphatic heterocycles. The van der Waals surface area contributed by atoms with Crippen molar-refractivity contribution in [3.05, 3.63) is 84.7 Å². The lowest BCUT2D eigenvalue weighted by atomic mass is 10.3. The van der Waals surface area contributed by atoms with Crippen LogP contribution in [-0.2, 0) is 16.1 Å². The van der Waals surface area contributed by atoms with Gasteiger partial charge in [0.15, 0.2) is 6.61 Å². The van der Waals surface area contributed by atoms with E-state index in [-0.39, 0.29) is 25.0 Å². The van der Waals surface area contributed by atoms with E-state index >= 15 is 0 Å². The summed E-state index contributed by atoms with van der Waals surface area (Å²) in [4.78, 5) is 31.8. The quantitative estimate of drug-likeness (QED) is 0.431. The first-order valence-electron chi connectivity index (χ1n) is 10.6. The van der Waals surface area contributed by atoms with E-state index in [1.165, 1.54) is 0 Å². The number of benzene rings is 2. The molecule has 0 aliphatic rings. The molecule has 0 saturated heterocycles. The highest BCUT2D eigenvalue weighted by atomic mass is 35.5. The molecule has 0 saturated carbocycles. The van der Waals surface area contributed by atoms with Gasteiger partial charge in [-0.25, -0.2) is 4.98 Å². The summed E-state index contributed by atoms with van der Waals surface area (Å²) in [7, 11) is 0. The first-order chi connectivity index (χ1) is 15.9. The first kappa shape index (κ1) is 24.1. The predicted molar refractivity (Wildman–Crippen MR) is 130 cm³/mol. The van der Waals surface area contributed by atoms with Crippen LogP contribution in [0.15, 0.2) is 73.8 Å². The van der Waals surface area contributed by atoms with Crippen LogP contribution in [0, 0.1) is 0 Å². The van der Waals surface area contributed by atoms with Crippen LogP contribution in [0.1, 0.15) is 18.8 Å². The second-order valence-electron chi connectivity index (χ2n) is 7.45. The average Bonchev–Trinajstić information content (AvgIpc) is 3.17. The lowest BCUT2D eigenvalue weighted by Gasteiger charge is -2.22. The summed E-state index contributed by atoms with van der Waals surface area (Å²) in [6.45, 7) is 10.0. The summed E-state index contributed by atoms with van der Waals surface area (Å²) < 4.78 is 7.36. The number of halogens is 1. The standard InChI is InChI=1S/C25H27ClN4O3/c1-4-14-29(15-5-2)24(32)16-30-22-9-7-6-8-21(22)28-25(30)18(3)27-23(31)17-33-20-12-10-19(26)11-13-20/h4-13,18H,1-2,14-17H2,3H3,(H,27,31). The van der Waals surface area contributed by atoms with Crippen LogP contribution < -0.4 is 10.1 Å². The molecule has 7 nitrogen and oxygen atoms in total. The molecule has 1 aromatic heterocycles. The number of fused-ring (bicyclic) bond motifs is 1. The van der Waals surface area contributed by atoms with Crippen molar-refractivity contribution in [3.8, 4) is 5.75 Å². The van der Waals surface area contributed by atoms with Gasteiger partial charge in [0.05, 0.1) is 17.1 Å². The van der Waals surface area contributed by atoms with E-state index in [9.17, 15) is 9.59 Å². The Morgan fingerprint density at radius 1 is 1.15 bits per heavy atom. The van der Waals surface area contributed by atoms with Crippen molar-refractivity contribution in [1.82, 2.24) is 19.8 Å². The number of ether oxygens (including phenoxy) is 1. The van der Waals surface area contributed by atoms with Gasteiger partial charge >= 0.3 is 0 Å². The largest absolute Gasteiger partial charge is 0.484 e. The predicted octanol–water partition coefficient (Wildman–Crippen LogP) is 4.15. The van der Waals surface area contributed by atoms with E-state index in [1.807, 2.05) is 35.8 Å². The molecular weight excluding hydrogens is 440 g/mol. The summed E-state index contributed by atoms with van der Waals surface area (Å²) in [5, 5.41) is 3.49. The van der Waals surface area contributed by atoms with Gasteiger partial charge in [0, 0.05) is 18.1 Å². The molecule has 172 valence electrons. The number of nitrogens with zero attached hydrogens (tertiary/aromatic N) is 3. The minimum Gasteiger partial charge on any atom is -0.484 e. The fourth-order valence-corrected chi connectivity index (χ4v) is 3.57. The monoisotopic (exact) mass is 466 g/mol. The highest BCUT2D eigenvalue weighted by Gasteiger charge is 2.21. The number of rotatable bonds is 11. The minimum absolute atomic E-state index is 0.0824. The number of nitrogens with one attached hydrogen (secondary N) is 1. The highest BCUT2D eigenvalue weighted by Crippen LogP contribution is 2.21. The van der Waals surface area contributed by atoms with E-state index in [0.29, 0.717) is 29.7 Å². The Labute approximate surface area is 198 Å². The van der Waals surface area contributed by atoms with Gasteiger partial charge in [-0.1, -0.05) is 35.9 Å². The molecule has 1 N–H and O–H groups in total. The van der Waals surface area contributed by atoms with Crippen LogP contribution in [0.25, 0.3) is 11.0 Å². The fraction of sp³-hybridized carbons (Fsp3) is 0.240. The van der Waals surface area contributed by atoms with Gasteiger partial charge in [-0.2, -0.15) is 0 Å². The van der Waals surface area contributed by atoms with E-state index < -0.39 is 6.04 Å². The van der Waals surface area contributed by atoms with E-state index in [0.717, 1.165) is 11.0 Å². The molecule has 0 fully saturated rings. The minimum atomic E-state index is -0.446. The topological polar surface area (TPSA) is 76.5 Å². The Morgan fingerprint density at radius 3 is 2.48 bits per heavy atom. The van der Waals surface area contributed by atoms with Gasteiger partial charge < -0.3 is 19.5 Å². The Kier molecular flexibility index (Phi) is 8.27. The van der Waals surface area contributed by atoms with E-state index in [4.69, 9.17) is 16.3 Å². The number of para-hydroxylation sites is 2. The van der Waals surface area contributed by atoms with Crippen LogP contribution in [0.3, 0.4) is 0 Å². The lowest BCUT2D eigenvalue weighted by molar-refractivity contribution is -0.130. The van der Waals surface area contributed by atoms with Crippen molar-refractivity contribution in [3.63, 3.8) is 0 Å². The molecule has 0 bridgehead atoms. The molecule has 33 heavy (non-hydrogen) atoms. The number of carbonyl (C=O) groups excluding carboxylic acids is 2. The molecule has 1 unspecified atom stereocenters. The van der Waals surface area contributed by atoms with Gasteiger partial charge in [0.25, 0.3) is 5.91 Å². The van der Waals surface area contributed by atoms with Crippen molar-refractivity contribution in [2.45, 2.75) is 19.5 Å². The SMILES string of the molecule is C=CCN(CC=C)C(=O)Cn1c(C(C)NC(=O)COc2ccc(Cl)cc2)nc2ccccc21. The average molecular weight is 467 g/mol. The normalized spacial score (nSPS) is 11.6. The van der Waals surface area contributed by atoms with Crippen molar-refractivity contribution < 1.29 is 14.3 Å². The van der Waals surface area contributed by atoms with Crippen LogP contribution in [0.2, 0.25) is 5.02 Å². The molecule has 3 aromatic rings. The third-order valence-electron chi connectivity index (χ3n) is 4.98. The van der Waals surface area contributed by atoms with E-state index in [1.54, 1.807) is 41.3 Å². The third kappa shape index (κ3) is 6.23. The number of amides is 2. The maximum absolute atomic E-state index is 13.0. The summed E-state index contributed by atoms with van der Waals surface area (Å²) in [6.07, 6.45) is 3.36. The lowest BCUT2D eigenvalue weighted by Crippen LogP contribution is -2.36. The third-order valence-corrected chi connectivity index (χ3v) is 5.23. The van der Waals surface area contributed by atoms with Gasteiger partial charge in [0.2, 0.25) is 5.91 Å². The fourth-order valence-electron chi connectivity index (χ4n) is 3.44. The Morgan fingerprint density at radius 2 is 1.82 bits per heavy atom. The second kappa shape index (κ2) is 11.3. The van der Waals surface area contributed by atoms with E-state index in [2.05, 4.69) is 23.5 Å². The van der Waals surface area contributed by atoms with Crippen molar-refractivity contribution in [2.24, 2.45) is 0 Å². The zero-order chi connectivity index (χ0) is 23.8. The number of carbonyl (C=O) groups is 2. The summed E-state index contributed by atoms with van der Waals surface area (Å²) in [6, 6.07) is 13.9. The molecular formula is C25H27ClN4O3. The molecule has 0 radical (unpaired) electrons. The number of hydrogen-bond donors (Lipinski definition) is 1. The highest BCUT2D eigenvalue weighted by molar-refractivity contribution is 6.30. The maximum Gasteiger partial charge on any atom is 0.258 e. The van der Waals surface area contributed by atoms with Gasteiger partial charge in [-0.15, -0.1) is 13.2 Å². The maximum atomic E-state index is 13.0. The molecule has 0 aliphatic carbocycles. The smallest absolute Gasteiger partial charge is 0.258 e.